The van der Waals surface area contributed by atoms with Gasteiger partial charge in [0.15, 0.2) is 0 Å². The van der Waals surface area contributed by atoms with Crippen LogP contribution in [-0.2, 0) is 13.5 Å². The van der Waals surface area contributed by atoms with Crippen LogP contribution in [0.1, 0.15) is 25.1 Å². The molecule has 0 amide bonds. The van der Waals surface area contributed by atoms with E-state index in [0.717, 1.165) is 23.4 Å². The van der Waals surface area contributed by atoms with Crippen molar-refractivity contribution in [1.29, 1.82) is 0 Å². The first-order valence-electron chi connectivity index (χ1n) is 6.37. The van der Waals surface area contributed by atoms with Crippen LogP contribution in [0, 0.1) is 12.8 Å². The second kappa shape index (κ2) is 4.84. The van der Waals surface area contributed by atoms with Gasteiger partial charge in [-0.05, 0) is 24.8 Å². The van der Waals surface area contributed by atoms with Crippen molar-refractivity contribution in [2.24, 2.45) is 13.0 Å². The molecule has 1 aromatic heterocycles. The number of nitrogens with two attached hydrogens (primary N) is 1. The summed E-state index contributed by atoms with van der Waals surface area (Å²) < 4.78 is 1.91. The number of aromatic nitrogens is 2. The van der Waals surface area contributed by atoms with Gasteiger partial charge in [-0.2, -0.15) is 0 Å². The van der Waals surface area contributed by atoms with E-state index in [-0.39, 0.29) is 0 Å². The van der Waals surface area contributed by atoms with E-state index in [2.05, 4.69) is 43.1 Å². The van der Waals surface area contributed by atoms with E-state index < -0.39 is 0 Å². The van der Waals surface area contributed by atoms with Crippen molar-refractivity contribution in [2.45, 2.75) is 27.2 Å². The number of rotatable bonds is 3. The molecule has 0 fully saturated rings. The summed E-state index contributed by atoms with van der Waals surface area (Å²) >= 11 is 0. The van der Waals surface area contributed by atoms with E-state index in [0.29, 0.717) is 11.9 Å². The van der Waals surface area contributed by atoms with Crippen LogP contribution in [0.4, 0.5) is 5.95 Å². The normalized spacial score (nSPS) is 11.2. The van der Waals surface area contributed by atoms with Crippen LogP contribution < -0.4 is 5.73 Å². The monoisotopic (exact) mass is 243 g/mol. The van der Waals surface area contributed by atoms with Crippen LogP contribution in [0.5, 0.6) is 0 Å². The first kappa shape index (κ1) is 12.7. The van der Waals surface area contributed by atoms with Gasteiger partial charge >= 0.3 is 0 Å². The zero-order chi connectivity index (χ0) is 13.3. The van der Waals surface area contributed by atoms with Crippen LogP contribution in [0.25, 0.3) is 11.3 Å². The van der Waals surface area contributed by atoms with Crippen molar-refractivity contribution in [2.75, 3.05) is 5.73 Å². The van der Waals surface area contributed by atoms with E-state index in [1.165, 1.54) is 5.56 Å². The summed E-state index contributed by atoms with van der Waals surface area (Å²) in [7, 11) is 1.94. The van der Waals surface area contributed by atoms with Gasteiger partial charge in [-0.25, -0.2) is 4.98 Å². The van der Waals surface area contributed by atoms with E-state index in [9.17, 15) is 0 Å². The summed E-state index contributed by atoms with van der Waals surface area (Å²) in [6.07, 6.45) is 1.11. The number of anilines is 1. The van der Waals surface area contributed by atoms with Gasteiger partial charge in [0.2, 0.25) is 5.95 Å². The smallest absolute Gasteiger partial charge is 0.200 e. The Hall–Kier alpha value is -1.77. The van der Waals surface area contributed by atoms with Gasteiger partial charge in [0.05, 0.1) is 5.69 Å². The molecule has 1 aromatic carbocycles. The standard InChI is InChI=1S/C15H21N3/c1-10(2)9-12-5-7-13(8-6-12)14-11(3)18(4)15(16)17-14/h5-8,10H,9H2,1-4H3,(H2,16,17). The minimum atomic E-state index is 0.564. The zero-order valence-corrected chi connectivity index (χ0v) is 11.6. The van der Waals surface area contributed by atoms with Crippen molar-refractivity contribution in [1.82, 2.24) is 9.55 Å². The second-order valence-electron chi connectivity index (χ2n) is 5.26. The maximum absolute atomic E-state index is 5.83. The summed E-state index contributed by atoms with van der Waals surface area (Å²) in [5, 5.41) is 0. The van der Waals surface area contributed by atoms with E-state index in [4.69, 9.17) is 5.73 Å². The Morgan fingerprint density at radius 3 is 2.28 bits per heavy atom. The third-order valence-electron chi connectivity index (χ3n) is 3.29. The molecule has 3 nitrogen and oxygen atoms in total. The Balaban J connectivity index is 2.31. The molecule has 0 bridgehead atoms. The molecule has 0 aliphatic carbocycles. The van der Waals surface area contributed by atoms with Gasteiger partial charge in [0.1, 0.15) is 0 Å². The van der Waals surface area contributed by atoms with Crippen LogP contribution >= 0.6 is 0 Å². The minimum absolute atomic E-state index is 0.564. The number of imidazole rings is 1. The predicted molar refractivity (Wildman–Crippen MR) is 76.3 cm³/mol. The highest BCUT2D eigenvalue weighted by molar-refractivity contribution is 5.64. The maximum atomic E-state index is 5.83. The van der Waals surface area contributed by atoms with Crippen molar-refractivity contribution in [3.8, 4) is 11.3 Å². The van der Waals surface area contributed by atoms with Crippen molar-refractivity contribution in [3.63, 3.8) is 0 Å². The molecule has 0 atom stereocenters. The summed E-state index contributed by atoms with van der Waals surface area (Å²) in [4.78, 5) is 4.41. The quantitative estimate of drug-likeness (QED) is 0.899. The van der Waals surface area contributed by atoms with Gasteiger partial charge < -0.3 is 10.3 Å². The molecular formula is C15H21N3. The molecule has 0 aliphatic heterocycles. The highest BCUT2D eigenvalue weighted by Gasteiger charge is 2.10. The van der Waals surface area contributed by atoms with E-state index in [1.807, 2.05) is 18.5 Å². The molecule has 3 heteroatoms. The Bertz CT molecular complexity index is 536. The lowest BCUT2D eigenvalue weighted by Gasteiger charge is -2.06. The van der Waals surface area contributed by atoms with Crippen LogP contribution in [0.3, 0.4) is 0 Å². The first-order valence-corrected chi connectivity index (χ1v) is 6.37. The van der Waals surface area contributed by atoms with E-state index >= 15 is 0 Å². The molecule has 0 spiro atoms. The molecule has 2 rings (SSSR count). The topological polar surface area (TPSA) is 43.8 Å². The molecule has 0 saturated carbocycles. The van der Waals surface area contributed by atoms with Crippen molar-refractivity contribution < 1.29 is 0 Å². The molecule has 18 heavy (non-hydrogen) atoms. The minimum Gasteiger partial charge on any atom is -0.369 e. The van der Waals surface area contributed by atoms with Crippen LogP contribution in [-0.4, -0.2) is 9.55 Å². The fourth-order valence-electron chi connectivity index (χ4n) is 2.14. The number of benzene rings is 1. The largest absolute Gasteiger partial charge is 0.369 e. The predicted octanol–water partition coefficient (Wildman–Crippen LogP) is 3.18. The van der Waals surface area contributed by atoms with Crippen LogP contribution in [0.2, 0.25) is 0 Å². The fourth-order valence-corrected chi connectivity index (χ4v) is 2.14. The molecule has 0 aliphatic rings. The first-order chi connectivity index (χ1) is 8.49. The third-order valence-corrected chi connectivity index (χ3v) is 3.29. The number of hydrogen-bond donors (Lipinski definition) is 1. The molecule has 2 aromatic rings. The molecule has 96 valence electrons. The summed E-state index contributed by atoms with van der Waals surface area (Å²) in [6, 6.07) is 8.62. The molecule has 0 unspecified atom stereocenters. The highest BCUT2D eigenvalue weighted by atomic mass is 15.1. The third kappa shape index (κ3) is 2.40. The van der Waals surface area contributed by atoms with Gasteiger partial charge in [-0.1, -0.05) is 38.1 Å². The SMILES string of the molecule is Cc1c(-c2ccc(CC(C)C)cc2)nc(N)n1C. The second-order valence-corrected chi connectivity index (χ2v) is 5.26. The van der Waals surface area contributed by atoms with Gasteiger partial charge in [0.25, 0.3) is 0 Å². The average molecular weight is 243 g/mol. The summed E-state index contributed by atoms with van der Waals surface area (Å²) in [6.45, 7) is 6.51. The lowest BCUT2D eigenvalue weighted by atomic mass is 10.0. The Kier molecular flexibility index (Phi) is 3.41. The van der Waals surface area contributed by atoms with Gasteiger partial charge in [-0.3, -0.25) is 0 Å². The lowest BCUT2D eigenvalue weighted by Crippen LogP contribution is -1.97. The summed E-state index contributed by atoms with van der Waals surface area (Å²) in [5.74, 6) is 1.25. The summed E-state index contributed by atoms with van der Waals surface area (Å²) in [5.41, 5.74) is 10.4. The lowest BCUT2D eigenvalue weighted by molar-refractivity contribution is 0.647. The molecule has 1 heterocycles. The van der Waals surface area contributed by atoms with E-state index in [1.54, 1.807) is 0 Å². The number of nitrogen functional groups attached to an aromatic ring is 1. The van der Waals surface area contributed by atoms with Crippen LogP contribution in [0.15, 0.2) is 24.3 Å². The Morgan fingerprint density at radius 1 is 1.22 bits per heavy atom. The molecule has 2 N–H and O–H groups in total. The van der Waals surface area contributed by atoms with Gasteiger partial charge in [0, 0.05) is 18.3 Å². The highest BCUT2D eigenvalue weighted by Crippen LogP contribution is 2.24. The zero-order valence-electron chi connectivity index (χ0n) is 11.6. The molecule has 0 saturated heterocycles. The fraction of sp³-hybridized carbons (Fsp3) is 0.400. The molecular weight excluding hydrogens is 222 g/mol. The Labute approximate surface area is 109 Å². The van der Waals surface area contributed by atoms with Crippen molar-refractivity contribution in [3.05, 3.63) is 35.5 Å². The van der Waals surface area contributed by atoms with Crippen molar-refractivity contribution >= 4 is 5.95 Å². The average Bonchev–Trinajstić information content (AvgIpc) is 2.57. The molecule has 0 radical (unpaired) electrons. The maximum Gasteiger partial charge on any atom is 0.200 e. The Morgan fingerprint density at radius 2 is 1.83 bits per heavy atom. The van der Waals surface area contributed by atoms with Gasteiger partial charge in [-0.15, -0.1) is 0 Å². The number of nitrogens with zero attached hydrogens (tertiary/aromatic N) is 2. The number of hydrogen-bond acceptors (Lipinski definition) is 2.